The number of rotatable bonds is 1. The molecule has 0 bridgehead atoms. The molecule has 2 rings (SSSR count). The molecule has 4 nitrogen and oxygen atoms in total. The van der Waals surface area contributed by atoms with Crippen molar-refractivity contribution in [2.75, 3.05) is 0 Å². The minimum Gasteiger partial charge on any atom is -0.422 e. The Bertz CT molecular complexity index is 234. The van der Waals surface area contributed by atoms with Crippen LogP contribution in [0.4, 0.5) is 0 Å². The Hall–Kier alpha value is -1.06. The molecule has 0 radical (unpaired) electrons. The molecule has 1 saturated carbocycles. The van der Waals surface area contributed by atoms with Crippen LogP contribution in [0, 0.1) is 5.92 Å². The molecule has 1 aliphatic carbocycles. The van der Waals surface area contributed by atoms with E-state index in [1.807, 2.05) is 0 Å². The van der Waals surface area contributed by atoms with Crippen molar-refractivity contribution in [2.24, 2.45) is 5.92 Å². The molecular formula is C9H12O4. The van der Waals surface area contributed by atoms with Gasteiger partial charge in [0, 0.05) is 12.8 Å². The molecule has 0 aromatic rings. The normalized spacial score (nSPS) is 26.5. The van der Waals surface area contributed by atoms with E-state index < -0.39 is 17.7 Å². The molecule has 1 heterocycles. The summed E-state index contributed by atoms with van der Waals surface area (Å²) in [5.41, 5.74) is 0. The minimum atomic E-state index is -0.882. The van der Waals surface area contributed by atoms with Gasteiger partial charge in [0.15, 0.2) is 0 Å². The van der Waals surface area contributed by atoms with Crippen LogP contribution in [0.25, 0.3) is 0 Å². The predicted octanol–water partition coefficient (Wildman–Crippen LogP) is 0.993. The van der Waals surface area contributed by atoms with Gasteiger partial charge in [0.25, 0.3) is 5.79 Å². The molecule has 2 fully saturated rings. The Labute approximate surface area is 76.2 Å². The molecule has 72 valence electrons. The first kappa shape index (κ1) is 8.53. The zero-order valence-electron chi connectivity index (χ0n) is 7.54. The van der Waals surface area contributed by atoms with Crippen molar-refractivity contribution in [1.82, 2.24) is 0 Å². The first-order chi connectivity index (χ1) is 6.13. The zero-order chi connectivity index (χ0) is 9.47. The van der Waals surface area contributed by atoms with E-state index in [2.05, 4.69) is 6.92 Å². The van der Waals surface area contributed by atoms with E-state index in [0.29, 0.717) is 18.8 Å². The van der Waals surface area contributed by atoms with Gasteiger partial charge in [-0.3, -0.25) is 9.59 Å². The molecule has 4 heteroatoms. The zero-order valence-corrected chi connectivity index (χ0v) is 7.54. The van der Waals surface area contributed by atoms with Crippen molar-refractivity contribution < 1.29 is 19.1 Å². The first-order valence-corrected chi connectivity index (χ1v) is 4.57. The number of carbonyl (C=O) groups is 2. The fraction of sp³-hybridized carbons (Fsp3) is 0.778. The maximum atomic E-state index is 11.0. The molecule has 1 aliphatic heterocycles. The van der Waals surface area contributed by atoms with E-state index in [9.17, 15) is 9.59 Å². The Morgan fingerprint density at radius 2 is 1.85 bits per heavy atom. The summed E-state index contributed by atoms with van der Waals surface area (Å²) in [7, 11) is 0. The molecule has 0 aromatic carbocycles. The van der Waals surface area contributed by atoms with Crippen molar-refractivity contribution in [2.45, 2.75) is 38.4 Å². The Balaban J connectivity index is 2.01. The number of carbonyl (C=O) groups excluding carboxylic acids is 2. The smallest absolute Gasteiger partial charge is 0.320 e. The average Bonchev–Trinajstić information content (AvgIpc) is 1.97. The summed E-state index contributed by atoms with van der Waals surface area (Å²) in [6.07, 6.45) is 2.14. The SMILES string of the molecule is CCC1CC2(C1)OC(=O)CC(=O)O2. The van der Waals surface area contributed by atoms with Gasteiger partial charge in [-0.2, -0.15) is 0 Å². The molecule has 0 unspecified atom stereocenters. The van der Waals surface area contributed by atoms with Crippen molar-refractivity contribution in [3.8, 4) is 0 Å². The molecule has 2 aliphatic rings. The predicted molar refractivity (Wildman–Crippen MR) is 42.5 cm³/mol. The van der Waals surface area contributed by atoms with E-state index >= 15 is 0 Å². The van der Waals surface area contributed by atoms with Crippen molar-refractivity contribution >= 4 is 11.9 Å². The van der Waals surface area contributed by atoms with Crippen LogP contribution >= 0.6 is 0 Å². The lowest BCUT2D eigenvalue weighted by Gasteiger charge is -2.46. The first-order valence-electron chi connectivity index (χ1n) is 4.57. The third kappa shape index (κ3) is 1.41. The molecule has 0 aromatic heterocycles. The topological polar surface area (TPSA) is 52.6 Å². The summed E-state index contributed by atoms with van der Waals surface area (Å²) >= 11 is 0. The second kappa shape index (κ2) is 2.72. The van der Waals surface area contributed by atoms with Gasteiger partial charge in [-0.05, 0) is 5.92 Å². The average molecular weight is 184 g/mol. The lowest BCUT2D eigenvalue weighted by molar-refractivity contribution is -0.282. The number of ether oxygens (including phenoxy) is 2. The Morgan fingerprint density at radius 1 is 1.31 bits per heavy atom. The minimum absolute atomic E-state index is 0.238. The van der Waals surface area contributed by atoms with Crippen LogP contribution in [-0.2, 0) is 19.1 Å². The van der Waals surface area contributed by atoms with Gasteiger partial charge in [0.2, 0.25) is 0 Å². The summed E-state index contributed by atoms with van der Waals surface area (Å²) in [6, 6.07) is 0. The third-order valence-corrected chi connectivity index (χ3v) is 2.67. The summed E-state index contributed by atoms with van der Waals surface area (Å²) < 4.78 is 10.1. The fourth-order valence-electron chi connectivity index (χ4n) is 1.90. The molecule has 0 atom stereocenters. The summed E-state index contributed by atoms with van der Waals surface area (Å²) in [4.78, 5) is 21.9. The second-order valence-electron chi connectivity index (χ2n) is 3.72. The van der Waals surface area contributed by atoms with Crippen molar-refractivity contribution in [1.29, 1.82) is 0 Å². The van der Waals surface area contributed by atoms with Crippen LogP contribution in [0.2, 0.25) is 0 Å². The lowest BCUT2D eigenvalue weighted by Crippen LogP contribution is -2.54. The van der Waals surface area contributed by atoms with E-state index in [1.54, 1.807) is 0 Å². The fourth-order valence-corrected chi connectivity index (χ4v) is 1.90. The van der Waals surface area contributed by atoms with Crippen LogP contribution in [0.5, 0.6) is 0 Å². The summed E-state index contributed by atoms with van der Waals surface area (Å²) in [5.74, 6) is -1.26. The standard InChI is InChI=1S/C9H12O4/c1-2-6-4-9(5-6)12-7(10)3-8(11)13-9/h6H,2-5H2,1H3. The van der Waals surface area contributed by atoms with Gasteiger partial charge < -0.3 is 9.47 Å². The molecule has 13 heavy (non-hydrogen) atoms. The highest BCUT2D eigenvalue weighted by Crippen LogP contribution is 2.45. The van der Waals surface area contributed by atoms with Crippen LogP contribution in [0.15, 0.2) is 0 Å². The summed E-state index contributed by atoms with van der Waals surface area (Å²) in [5, 5.41) is 0. The lowest BCUT2D eigenvalue weighted by atomic mass is 9.77. The van der Waals surface area contributed by atoms with Crippen LogP contribution < -0.4 is 0 Å². The van der Waals surface area contributed by atoms with Gasteiger partial charge >= 0.3 is 11.9 Å². The highest BCUT2D eigenvalue weighted by Gasteiger charge is 2.53. The van der Waals surface area contributed by atoms with Gasteiger partial charge in [0.05, 0.1) is 0 Å². The monoisotopic (exact) mass is 184 g/mol. The van der Waals surface area contributed by atoms with Gasteiger partial charge in [-0.25, -0.2) is 0 Å². The molecule has 0 amide bonds. The second-order valence-corrected chi connectivity index (χ2v) is 3.72. The third-order valence-electron chi connectivity index (χ3n) is 2.67. The molecule has 0 N–H and O–H groups in total. The van der Waals surface area contributed by atoms with Crippen molar-refractivity contribution in [3.63, 3.8) is 0 Å². The van der Waals surface area contributed by atoms with E-state index in [4.69, 9.17) is 9.47 Å². The maximum absolute atomic E-state index is 11.0. The number of hydrogen-bond donors (Lipinski definition) is 0. The number of hydrogen-bond acceptors (Lipinski definition) is 4. The molecule has 1 spiro atoms. The van der Waals surface area contributed by atoms with E-state index in [0.717, 1.165) is 6.42 Å². The van der Waals surface area contributed by atoms with Gasteiger partial charge in [-0.15, -0.1) is 0 Å². The van der Waals surface area contributed by atoms with Crippen LogP contribution in [0.1, 0.15) is 32.6 Å². The highest BCUT2D eigenvalue weighted by molar-refractivity contribution is 5.93. The summed E-state index contributed by atoms with van der Waals surface area (Å²) in [6.45, 7) is 2.07. The van der Waals surface area contributed by atoms with Crippen LogP contribution in [0.3, 0.4) is 0 Å². The maximum Gasteiger partial charge on any atom is 0.320 e. The quantitative estimate of drug-likeness (QED) is 0.450. The van der Waals surface area contributed by atoms with Gasteiger partial charge in [0.1, 0.15) is 6.42 Å². The molecule has 1 saturated heterocycles. The highest BCUT2D eigenvalue weighted by atomic mass is 16.7. The van der Waals surface area contributed by atoms with Crippen molar-refractivity contribution in [3.05, 3.63) is 0 Å². The van der Waals surface area contributed by atoms with Crippen LogP contribution in [-0.4, -0.2) is 17.7 Å². The van der Waals surface area contributed by atoms with E-state index in [1.165, 1.54) is 0 Å². The Morgan fingerprint density at radius 3 is 2.31 bits per heavy atom. The van der Waals surface area contributed by atoms with Gasteiger partial charge in [-0.1, -0.05) is 13.3 Å². The van der Waals surface area contributed by atoms with E-state index in [-0.39, 0.29) is 6.42 Å². The molecular weight excluding hydrogens is 172 g/mol. The Kier molecular flexibility index (Phi) is 1.78. The largest absolute Gasteiger partial charge is 0.422 e. The number of esters is 2.